The van der Waals surface area contributed by atoms with Crippen LogP contribution in [0.3, 0.4) is 0 Å². The van der Waals surface area contributed by atoms with Crippen LogP contribution in [0.15, 0.2) is 23.8 Å². The van der Waals surface area contributed by atoms with Gasteiger partial charge in [0.15, 0.2) is 0 Å². The van der Waals surface area contributed by atoms with Crippen LogP contribution in [0, 0.1) is 11.8 Å². The molecule has 0 heterocycles. The molecule has 1 fully saturated rings. The molecule has 1 nitrogen and oxygen atoms in total. The summed E-state index contributed by atoms with van der Waals surface area (Å²) >= 11 is 0. The Balaban J connectivity index is 1.73. The van der Waals surface area contributed by atoms with Gasteiger partial charge in [0.25, 0.3) is 0 Å². The van der Waals surface area contributed by atoms with E-state index in [2.05, 4.69) is 37.1 Å². The van der Waals surface area contributed by atoms with Gasteiger partial charge < -0.3 is 4.90 Å². The summed E-state index contributed by atoms with van der Waals surface area (Å²) in [5.74, 6) is 1.97. The Labute approximate surface area is 87.5 Å². The SMILES string of the molecule is C[C@@H]1CC1CN(C)CC1=CC=CCC1. The topological polar surface area (TPSA) is 3.24 Å². The molecule has 2 aliphatic carbocycles. The largest absolute Gasteiger partial charge is 0.302 e. The normalized spacial score (nSPS) is 30.6. The van der Waals surface area contributed by atoms with Gasteiger partial charge in [0.05, 0.1) is 0 Å². The van der Waals surface area contributed by atoms with E-state index < -0.39 is 0 Å². The molecule has 2 aliphatic rings. The van der Waals surface area contributed by atoms with Crippen molar-refractivity contribution in [1.29, 1.82) is 0 Å². The maximum Gasteiger partial charge on any atom is 0.0193 e. The molecule has 0 amide bonds. The smallest absolute Gasteiger partial charge is 0.0193 e. The van der Waals surface area contributed by atoms with Crippen molar-refractivity contribution in [1.82, 2.24) is 4.90 Å². The van der Waals surface area contributed by atoms with Crippen molar-refractivity contribution < 1.29 is 0 Å². The van der Waals surface area contributed by atoms with Crippen LogP contribution in [0.2, 0.25) is 0 Å². The van der Waals surface area contributed by atoms with Crippen LogP contribution in [-0.2, 0) is 0 Å². The van der Waals surface area contributed by atoms with Gasteiger partial charge in [0.2, 0.25) is 0 Å². The van der Waals surface area contributed by atoms with E-state index in [1.165, 1.54) is 32.4 Å². The number of hydrogen-bond donors (Lipinski definition) is 0. The number of hydrogen-bond acceptors (Lipinski definition) is 1. The van der Waals surface area contributed by atoms with Gasteiger partial charge in [0, 0.05) is 13.1 Å². The van der Waals surface area contributed by atoms with Crippen LogP contribution >= 0.6 is 0 Å². The average molecular weight is 191 g/mol. The number of likely N-dealkylation sites (N-methyl/N-ethyl adjacent to an activating group) is 1. The molecule has 0 aliphatic heterocycles. The first-order chi connectivity index (χ1) is 6.75. The van der Waals surface area contributed by atoms with E-state index in [1.807, 2.05) is 0 Å². The fourth-order valence-electron chi connectivity index (χ4n) is 2.25. The molecule has 0 spiro atoms. The molecular formula is C13H21N. The highest BCUT2D eigenvalue weighted by Crippen LogP contribution is 2.38. The summed E-state index contributed by atoms with van der Waals surface area (Å²) in [6.45, 7) is 4.83. The summed E-state index contributed by atoms with van der Waals surface area (Å²) in [5, 5.41) is 0. The second kappa shape index (κ2) is 4.31. The molecule has 0 saturated heterocycles. The standard InChI is InChI=1S/C13H21N/c1-11-8-13(11)10-14(2)9-12-6-4-3-5-7-12/h3-4,6,11,13H,5,7-10H2,1-2H3/t11-,13?/m1/s1. The van der Waals surface area contributed by atoms with E-state index in [-0.39, 0.29) is 0 Å². The van der Waals surface area contributed by atoms with Crippen molar-refractivity contribution in [3.63, 3.8) is 0 Å². The summed E-state index contributed by atoms with van der Waals surface area (Å²) in [5.41, 5.74) is 1.60. The van der Waals surface area contributed by atoms with E-state index in [1.54, 1.807) is 5.57 Å². The first kappa shape index (κ1) is 9.97. The van der Waals surface area contributed by atoms with E-state index in [4.69, 9.17) is 0 Å². The Morgan fingerprint density at radius 3 is 2.86 bits per heavy atom. The Hall–Kier alpha value is -0.560. The Morgan fingerprint density at radius 2 is 2.29 bits per heavy atom. The van der Waals surface area contributed by atoms with E-state index in [0.29, 0.717) is 0 Å². The summed E-state index contributed by atoms with van der Waals surface area (Å²) in [4.78, 5) is 2.49. The van der Waals surface area contributed by atoms with E-state index in [9.17, 15) is 0 Å². The molecule has 0 bridgehead atoms. The highest BCUT2D eigenvalue weighted by Gasteiger charge is 2.32. The van der Waals surface area contributed by atoms with Gasteiger partial charge >= 0.3 is 0 Å². The third kappa shape index (κ3) is 2.71. The number of allylic oxidation sites excluding steroid dienone is 3. The molecule has 0 radical (unpaired) electrons. The van der Waals surface area contributed by atoms with Gasteiger partial charge in [-0.15, -0.1) is 0 Å². The van der Waals surface area contributed by atoms with E-state index >= 15 is 0 Å². The van der Waals surface area contributed by atoms with Crippen molar-refractivity contribution in [2.24, 2.45) is 11.8 Å². The molecule has 78 valence electrons. The highest BCUT2D eigenvalue weighted by atomic mass is 15.1. The Kier molecular flexibility index (Phi) is 3.07. The van der Waals surface area contributed by atoms with E-state index in [0.717, 1.165) is 11.8 Å². The minimum atomic E-state index is 0.984. The highest BCUT2D eigenvalue weighted by molar-refractivity contribution is 5.18. The molecule has 1 heteroatoms. The molecule has 0 aromatic carbocycles. The Morgan fingerprint density at radius 1 is 1.50 bits per heavy atom. The van der Waals surface area contributed by atoms with Gasteiger partial charge in [-0.3, -0.25) is 0 Å². The van der Waals surface area contributed by atoms with Gasteiger partial charge in [-0.2, -0.15) is 0 Å². The second-order valence-electron chi connectivity index (χ2n) is 4.96. The second-order valence-corrected chi connectivity index (χ2v) is 4.96. The molecule has 1 unspecified atom stereocenters. The van der Waals surface area contributed by atoms with Crippen molar-refractivity contribution in [2.75, 3.05) is 20.1 Å². The lowest BCUT2D eigenvalue weighted by Crippen LogP contribution is -2.24. The van der Waals surface area contributed by atoms with Gasteiger partial charge in [0.1, 0.15) is 0 Å². The third-order valence-corrected chi connectivity index (χ3v) is 3.40. The molecule has 2 rings (SSSR count). The van der Waals surface area contributed by atoms with Gasteiger partial charge in [-0.25, -0.2) is 0 Å². The van der Waals surface area contributed by atoms with Crippen molar-refractivity contribution in [3.8, 4) is 0 Å². The summed E-state index contributed by atoms with van der Waals surface area (Å²) in [6, 6.07) is 0. The molecule has 2 atom stereocenters. The minimum Gasteiger partial charge on any atom is -0.302 e. The van der Waals surface area contributed by atoms with Crippen LogP contribution in [0.4, 0.5) is 0 Å². The first-order valence-corrected chi connectivity index (χ1v) is 5.79. The fourth-order valence-corrected chi connectivity index (χ4v) is 2.25. The van der Waals surface area contributed by atoms with Crippen LogP contribution in [0.25, 0.3) is 0 Å². The zero-order valence-electron chi connectivity index (χ0n) is 9.37. The van der Waals surface area contributed by atoms with Crippen molar-refractivity contribution >= 4 is 0 Å². The predicted octanol–water partition coefficient (Wildman–Crippen LogP) is 2.85. The van der Waals surface area contributed by atoms with Crippen LogP contribution in [-0.4, -0.2) is 25.0 Å². The first-order valence-electron chi connectivity index (χ1n) is 5.79. The molecule has 1 saturated carbocycles. The number of nitrogens with zero attached hydrogens (tertiary/aromatic N) is 1. The molecule has 0 aromatic heterocycles. The predicted molar refractivity (Wildman–Crippen MR) is 61.2 cm³/mol. The quantitative estimate of drug-likeness (QED) is 0.660. The fraction of sp³-hybridized carbons (Fsp3) is 0.692. The molecular weight excluding hydrogens is 170 g/mol. The zero-order chi connectivity index (χ0) is 9.97. The van der Waals surface area contributed by atoms with Crippen LogP contribution in [0.5, 0.6) is 0 Å². The monoisotopic (exact) mass is 191 g/mol. The lowest BCUT2D eigenvalue weighted by Gasteiger charge is -2.19. The average Bonchev–Trinajstić information content (AvgIpc) is 2.83. The maximum atomic E-state index is 2.49. The molecule has 14 heavy (non-hydrogen) atoms. The zero-order valence-corrected chi connectivity index (χ0v) is 9.37. The van der Waals surface area contributed by atoms with Crippen LogP contribution in [0.1, 0.15) is 26.2 Å². The summed E-state index contributed by atoms with van der Waals surface area (Å²) < 4.78 is 0. The van der Waals surface area contributed by atoms with Crippen molar-refractivity contribution in [3.05, 3.63) is 23.8 Å². The van der Waals surface area contributed by atoms with Gasteiger partial charge in [-0.1, -0.05) is 30.7 Å². The van der Waals surface area contributed by atoms with Crippen molar-refractivity contribution in [2.45, 2.75) is 26.2 Å². The minimum absolute atomic E-state index is 0.984. The van der Waals surface area contributed by atoms with Crippen LogP contribution < -0.4 is 0 Å². The van der Waals surface area contributed by atoms with Gasteiger partial charge in [-0.05, 0) is 38.1 Å². The Bertz CT molecular complexity index is 252. The summed E-state index contributed by atoms with van der Waals surface area (Å²) in [7, 11) is 2.25. The summed E-state index contributed by atoms with van der Waals surface area (Å²) in [6.07, 6.45) is 10.7. The lowest BCUT2D eigenvalue weighted by molar-refractivity contribution is 0.336. The lowest BCUT2D eigenvalue weighted by atomic mass is 10.0. The molecule has 0 aromatic rings. The third-order valence-electron chi connectivity index (χ3n) is 3.40. The molecule has 0 N–H and O–H groups in total. The number of rotatable bonds is 4. The maximum absolute atomic E-state index is 2.49.